The Morgan fingerprint density at radius 3 is 3.07 bits per heavy atom. The number of aromatic amines is 2. The van der Waals surface area contributed by atoms with Crippen molar-refractivity contribution in [3.8, 4) is 6.07 Å². The van der Waals surface area contributed by atoms with E-state index in [2.05, 4.69) is 25.3 Å². The number of piperidine rings is 1. The molecule has 1 aliphatic heterocycles. The van der Waals surface area contributed by atoms with E-state index in [1.54, 1.807) is 17.0 Å². The third-order valence-corrected chi connectivity index (χ3v) is 4.87. The third-order valence-electron chi connectivity index (χ3n) is 4.87. The molecule has 0 aromatic carbocycles. The summed E-state index contributed by atoms with van der Waals surface area (Å²) in [5, 5.41) is 11.6. The van der Waals surface area contributed by atoms with Gasteiger partial charge in [-0.2, -0.15) is 10.2 Å². The van der Waals surface area contributed by atoms with Crippen LogP contribution in [0.15, 0.2) is 34.1 Å². The number of carbonyl (C=O) groups excluding carboxylic acids is 1. The van der Waals surface area contributed by atoms with Gasteiger partial charge in [-0.25, -0.2) is 9.78 Å². The van der Waals surface area contributed by atoms with Crippen LogP contribution in [0.5, 0.6) is 0 Å². The van der Waals surface area contributed by atoms with Gasteiger partial charge in [-0.05, 0) is 25.0 Å². The number of nitriles is 1. The Hall–Kier alpha value is -3.94. The summed E-state index contributed by atoms with van der Waals surface area (Å²) in [5.74, 6) is -0.0689. The number of imidazole rings is 1. The molecule has 1 amide bonds. The maximum atomic E-state index is 12.6. The number of hydrogen-bond donors (Lipinski definition) is 3. The second kappa shape index (κ2) is 7.59. The lowest BCUT2D eigenvalue weighted by molar-refractivity contribution is -0.131. The summed E-state index contributed by atoms with van der Waals surface area (Å²) in [5.41, 5.74) is 0.467. The largest absolute Gasteiger partial charge is 0.340 e. The van der Waals surface area contributed by atoms with Gasteiger partial charge in [-0.1, -0.05) is 0 Å². The van der Waals surface area contributed by atoms with Crippen LogP contribution < -0.4 is 16.6 Å². The number of amides is 1. The van der Waals surface area contributed by atoms with Gasteiger partial charge in [0, 0.05) is 19.3 Å². The quantitative estimate of drug-likeness (QED) is 0.586. The normalized spacial score (nSPS) is 16.5. The second-order valence-corrected chi connectivity index (χ2v) is 6.74. The Labute approximate surface area is 164 Å². The fourth-order valence-corrected chi connectivity index (χ4v) is 3.53. The lowest BCUT2D eigenvalue weighted by Crippen LogP contribution is -2.42. The molecule has 3 aromatic heterocycles. The van der Waals surface area contributed by atoms with Gasteiger partial charge in [0.2, 0.25) is 11.9 Å². The summed E-state index contributed by atoms with van der Waals surface area (Å²) in [4.78, 5) is 52.0. The molecular formula is C18H18N8O3. The van der Waals surface area contributed by atoms with E-state index in [0.29, 0.717) is 30.7 Å². The van der Waals surface area contributed by atoms with Crippen molar-refractivity contribution >= 4 is 28.7 Å². The van der Waals surface area contributed by atoms with Gasteiger partial charge < -0.3 is 20.2 Å². The average Bonchev–Trinajstić information content (AvgIpc) is 3.05. The van der Waals surface area contributed by atoms with Crippen LogP contribution in [0.4, 0.5) is 11.6 Å². The minimum absolute atomic E-state index is 0.176. The van der Waals surface area contributed by atoms with E-state index < -0.39 is 0 Å². The molecular weight excluding hydrogens is 376 g/mol. The average molecular weight is 394 g/mol. The minimum atomic E-state index is -0.344. The standard InChI is InChI=1S/C18H18N8O3/c19-6-5-14(27)25-8-2-3-11(10-25)26-15-13(23-18(26)29)9-21-17(24-15)22-12-4-1-7-20-16(12)28/h1,4,7,9,11H,2-3,5,8,10H2,(H,20,28)(H,23,29)(H,21,22,24). The number of pyridine rings is 1. The first-order valence-corrected chi connectivity index (χ1v) is 9.13. The zero-order chi connectivity index (χ0) is 20.4. The molecule has 1 aliphatic rings. The SMILES string of the molecule is N#CCC(=O)N1CCCC(n2c(=O)[nH]c3cnc(Nc4ccc[nH]c4=O)nc32)C1. The highest BCUT2D eigenvalue weighted by molar-refractivity contribution is 5.78. The maximum absolute atomic E-state index is 12.6. The first-order valence-electron chi connectivity index (χ1n) is 9.13. The molecule has 0 aliphatic carbocycles. The van der Waals surface area contributed by atoms with Gasteiger partial charge in [0.1, 0.15) is 17.6 Å². The summed E-state index contributed by atoms with van der Waals surface area (Å²) in [6.07, 6.45) is 4.23. The van der Waals surface area contributed by atoms with Gasteiger partial charge in [-0.3, -0.25) is 14.2 Å². The first-order chi connectivity index (χ1) is 14.1. The number of anilines is 2. The van der Waals surface area contributed by atoms with E-state index in [1.807, 2.05) is 6.07 Å². The summed E-state index contributed by atoms with van der Waals surface area (Å²) in [6, 6.07) is 4.86. The molecule has 0 bridgehead atoms. The van der Waals surface area contributed by atoms with Crippen molar-refractivity contribution in [1.29, 1.82) is 5.26 Å². The molecule has 11 nitrogen and oxygen atoms in total. The van der Waals surface area contributed by atoms with Gasteiger partial charge in [0.15, 0.2) is 5.65 Å². The number of H-pyrrole nitrogens is 2. The predicted molar refractivity (Wildman–Crippen MR) is 104 cm³/mol. The summed E-state index contributed by atoms with van der Waals surface area (Å²) < 4.78 is 1.52. The number of rotatable bonds is 4. The van der Waals surface area contributed by atoms with Crippen LogP contribution in [0.1, 0.15) is 25.3 Å². The minimum Gasteiger partial charge on any atom is -0.340 e. The topological polar surface area (TPSA) is 153 Å². The number of fused-ring (bicyclic) bond motifs is 1. The maximum Gasteiger partial charge on any atom is 0.328 e. The molecule has 1 saturated heterocycles. The first kappa shape index (κ1) is 18.4. The third kappa shape index (κ3) is 3.60. The molecule has 11 heteroatoms. The number of nitrogens with one attached hydrogen (secondary N) is 3. The summed E-state index contributed by atoms with van der Waals surface area (Å²) in [6.45, 7) is 0.894. The van der Waals surface area contributed by atoms with Crippen molar-refractivity contribution in [2.24, 2.45) is 0 Å². The zero-order valence-corrected chi connectivity index (χ0v) is 15.4. The molecule has 148 valence electrons. The summed E-state index contributed by atoms with van der Waals surface area (Å²) in [7, 11) is 0. The van der Waals surface area contributed by atoms with Crippen molar-refractivity contribution in [2.75, 3.05) is 18.4 Å². The Bertz CT molecular complexity index is 1220. The van der Waals surface area contributed by atoms with Crippen LogP contribution in [0.2, 0.25) is 0 Å². The molecule has 1 unspecified atom stereocenters. The monoisotopic (exact) mass is 394 g/mol. The molecule has 4 heterocycles. The number of aromatic nitrogens is 5. The Balaban J connectivity index is 1.67. The molecule has 29 heavy (non-hydrogen) atoms. The fourth-order valence-electron chi connectivity index (χ4n) is 3.53. The molecule has 0 spiro atoms. The van der Waals surface area contributed by atoms with Crippen molar-refractivity contribution in [3.05, 3.63) is 45.4 Å². The predicted octanol–water partition coefficient (Wildman–Crippen LogP) is 0.629. The lowest BCUT2D eigenvalue weighted by Gasteiger charge is -2.32. The van der Waals surface area contributed by atoms with E-state index in [0.717, 1.165) is 6.42 Å². The highest BCUT2D eigenvalue weighted by Gasteiger charge is 2.27. The molecule has 3 N–H and O–H groups in total. The number of carbonyl (C=O) groups is 1. The molecule has 1 fully saturated rings. The second-order valence-electron chi connectivity index (χ2n) is 6.74. The number of hydrogen-bond acceptors (Lipinski definition) is 7. The fraction of sp³-hybridized carbons (Fsp3) is 0.333. The highest BCUT2D eigenvalue weighted by atomic mass is 16.2. The Morgan fingerprint density at radius 1 is 1.41 bits per heavy atom. The lowest BCUT2D eigenvalue weighted by atomic mass is 10.1. The molecule has 0 radical (unpaired) electrons. The smallest absolute Gasteiger partial charge is 0.328 e. The van der Waals surface area contributed by atoms with E-state index in [-0.39, 0.29) is 41.3 Å². The number of nitrogens with zero attached hydrogens (tertiary/aromatic N) is 5. The number of likely N-dealkylation sites (tertiary alicyclic amines) is 1. The summed E-state index contributed by atoms with van der Waals surface area (Å²) >= 11 is 0. The van der Waals surface area contributed by atoms with Crippen molar-refractivity contribution in [3.63, 3.8) is 0 Å². The van der Waals surface area contributed by atoms with Crippen LogP contribution >= 0.6 is 0 Å². The Morgan fingerprint density at radius 2 is 2.28 bits per heavy atom. The van der Waals surface area contributed by atoms with Crippen LogP contribution in [0.3, 0.4) is 0 Å². The van der Waals surface area contributed by atoms with Crippen LogP contribution in [0, 0.1) is 11.3 Å². The molecule has 4 rings (SSSR count). The molecule has 1 atom stereocenters. The van der Waals surface area contributed by atoms with Gasteiger partial charge in [0.25, 0.3) is 5.56 Å². The van der Waals surface area contributed by atoms with Gasteiger partial charge >= 0.3 is 5.69 Å². The van der Waals surface area contributed by atoms with Crippen molar-refractivity contribution in [1.82, 2.24) is 29.4 Å². The Kier molecular flexibility index (Phi) is 4.82. The van der Waals surface area contributed by atoms with E-state index in [9.17, 15) is 14.4 Å². The van der Waals surface area contributed by atoms with E-state index in [1.165, 1.54) is 17.0 Å². The van der Waals surface area contributed by atoms with E-state index in [4.69, 9.17) is 5.26 Å². The molecule has 3 aromatic rings. The van der Waals surface area contributed by atoms with E-state index >= 15 is 0 Å². The van der Waals surface area contributed by atoms with Crippen molar-refractivity contribution in [2.45, 2.75) is 25.3 Å². The van der Waals surface area contributed by atoms with Crippen molar-refractivity contribution < 1.29 is 4.79 Å². The van der Waals surface area contributed by atoms with Crippen LogP contribution in [-0.4, -0.2) is 48.4 Å². The van der Waals surface area contributed by atoms with Crippen LogP contribution in [0.25, 0.3) is 11.2 Å². The van der Waals surface area contributed by atoms with Gasteiger partial charge in [0.05, 0.1) is 18.3 Å². The zero-order valence-electron chi connectivity index (χ0n) is 15.4. The highest BCUT2D eigenvalue weighted by Crippen LogP contribution is 2.24. The van der Waals surface area contributed by atoms with Crippen LogP contribution in [-0.2, 0) is 4.79 Å². The molecule has 0 saturated carbocycles. The van der Waals surface area contributed by atoms with Gasteiger partial charge in [-0.15, -0.1) is 0 Å².